The Morgan fingerprint density at radius 3 is 2.05 bits per heavy atom. The molecular weight excluding hydrogens is 270 g/mol. The molecule has 0 saturated heterocycles. The van der Waals surface area contributed by atoms with Crippen molar-refractivity contribution in [1.29, 1.82) is 0 Å². The van der Waals surface area contributed by atoms with Crippen LogP contribution in [0.25, 0.3) is 0 Å². The monoisotopic (exact) mass is 281 g/mol. The van der Waals surface area contributed by atoms with Crippen molar-refractivity contribution in [3.63, 3.8) is 0 Å². The zero-order chi connectivity index (χ0) is 15.1. The summed E-state index contributed by atoms with van der Waals surface area (Å²) >= 11 is 0. The van der Waals surface area contributed by atoms with Gasteiger partial charge in [0.2, 0.25) is 0 Å². The molecule has 2 aromatic carbocycles. The number of hydrogen-bond acceptors (Lipinski definition) is 3. The van der Waals surface area contributed by atoms with Crippen molar-refractivity contribution >= 4 is 23.5 Å². The highest BCUT2D eigenvalue weighted by Gasteiger charge is 2.36. The lowest BCUT2D eigenvalue weighted by Gasteiger charge is -2.16. The Morgan fingerprint density at radius 1 is 1.00 bits per heavy atom. The average Bonchev–Trinajstić information content (AvgIpc) is 2.72. The second-order valence-corrected chi connectivity index (χ2v) is 4.80. The fourth-order valence-corrected chi connectivity index (χ4v) is 2.45. The highest BCUT2D eigenvalue weighted by molar-refractivity contribution is 6.34. The van der Waals surface area contributed by atoms with E-state index < -0.39 is 5.97 Å². The first-order valence-electron chi connectivity index (χ1n) is 6.32. The Labute approximate surface area is 120 Å². The van der Waals surface area contributed by atoms with Crippen LogP contribution >= 0.6 is 0 Å². The zero-order valence-electron chi connectivity index (χ0n) is 11.2. The Bertz CT molecular complexity index is 760. The van der Waals surface area contributed by atoms with E-state index in [4.69, 9.17) is 5.11 Å². The Kier molecular flexibility index (Phi) is 2.83. The van der Waals surface area contributed by atoms with Crippen LogP contribution in [0.3, 0.4) is 0 Å². The minimum absolute atomic E-state index is 0.118. The van der Waals surface area contributed by atoms with Gasteiger partial charge >= 0.3 is 5.97 Å². The summed E-state index contributed by atoms with van der Waals surface area (Å²) in [5.74, 6) is -1.82. The molecule has 5 nitrogen and oxygen atoms in total. The molecule has 0 fully saturated rings. The highest BCUT2D eigenvalue weighted by atomic mass is 16.4. The van der Waals surface area contributed by atoms with Crippen LogP contribution in [0.15, 0.2) is 42.5 Å². The number of aryl methyl sites for hydroxylation is 1. The lowest BCUT2D eigenvalue weighted by atomic mass is 10.1. The standard InChI is InChI=1S/C16H11NO4/c1-9-8-10(16(20)21)6-7-13(9)17-14(18)11-4-2-3-5-12(11)15(17)19/h2-8H,1H3,(H,20,21). The van der Waals surface area contributed by atoms with E-state index in [1.54, 1.807) is 31.2 Å². The Balaban J connectivity index is 2.09. The van der Waals surface area contributed by atoms with Crippen LogP contribution in [-0.4, -0.2) is 22.9 Å². The van der Waals surface area contributed by atoms with Gasteiger partial charge in [-0.15, -0.1) is 0 Å². The number of carbonyl (C=O) groups is 3. The van der Waals surface area contributed by atoms with Crippen molar-refractivity contribution in [3.05, 3.63) is 64.7 Å². The van der Waals surface area contributed by atoms with Gasteiger partial charge in [-0.25, -0.2) is 9.69 Å². The first-order valence-corrected chi connectivity index (χ1v) is 6.32. The topological polar surface area (TPSA) is 74.7 Å². The van der Waals surface area contributed by atoms with E-state index in [0.717, 1.165) is 4.90 Å². The highest BCUT2D eigenvalue weighted by Crippen LogP contribution is 2.30. The van der Waals surface area contributed by atoms with Gasteiger partial charge in [-0.3, -0.25) is 9.59 Å². The van der Waals surface area contributed by atoms with Gasteiger partial charge < -0.3 is 5.11 Å². The van der Waals surface area contributed by atoms with Crippen LogP contribution in [0.1, 0.15) is 36.6 Å². The number of benzene rings is 2. The second kappa shape index (κ2) is 4.56. The molecule has 2 aromatic rings. The predicted octanol–water partition coefficient (Wildman–Crippen LogP) is 2.49. The summed E-state index contributed by atoms with van der Waals surface area (Å²) in [6, 6.07) is 10.9. The number of amides is 2. The molecule has 0 bridgehead atoms. The number of rotatable bonds is 2. The fraction of sp³-hybridized carbons (Fsp3) is 0.0625. The molecule has 0 aliphatic carbocycles. The third-order valence-corrected chi connectivity index (χ3v) is 3.48. The SMILES string of the molecule is Cc1cc(C(=O)O)ccc1N1C(=O)c2ccccc2C1=O. The number of nitrogens with zero attached hydrogens (tertiary/aromatic N) is 1. The van der Waals surface area contributed by atoms with Gasteiger partial charge in [0.15, 0.2) is 0 Å². The van der Waals surface area contributed by atoms with E-state index in [1.165, 1.54) is 18.2 Å². The quantitative estimate of drug-likeness (QED) is 0.858. The molecule has 104 valence electrons. The number of aromatic carboxylic acids is 1. The summed E-state index contributed by atoms with van der Waals surface area (Å²) in [6.07, 6.45) is 0. The Morgan fingerprint density at radius 2 is 1.57 bits per heavy atom. The molecule has 0 aromatic heterocycles. The summed E-state index contributed by atoms with van der Waals surface area (Å²) in [5.41, 5.74) is 1.82. The Hall–Kier alpha value is -2.95. The largest absolute Gasteiger partial charge is 0.478 e. The van der Waals surface area contributed by atoms with E-state index >= 15 is 0 Å². The molecule has 21 heavy (non-hydrogen) atoms. The molecule has 3 rings (SSSR count). The molecule has 2 amide bonds. The van der Waals surface area contributed by atoms with E-state index in [-0.39, 0.29) is 17.4 Å². The molecule has 0 unspecified atom stereocenters. The van der Waals surface area contributed by atoms with Crippen LogP contribution in [0, 0.1) is 6.92 Å². The molecule has 0 radical (unpaired) electrons. The average molecular weight is 281 g/mol. The smallest absolute Gasteiger partial charge is 0.335 e. The molecule has 1 N–H and O–H groups in total. The van der Waals surface area contributed by atoms with Crippen molar-refractivity contribution in [2.24, 2.45) is 0 Å². The van der Waals surface area contributed by atoms with Gasteiger partial charge in [-0.2, -0.15) is 0 Å². The number of anilines is 1. The molecule has 1 heterocycles. The molecule has 1 aliphatic rings. The van der Waals surface area contributed by atoms with Crippen molar-refractivity contribution in [3.8, 4) is 0 Å². The number of hydrogen-bond donors (Lipinski definition) is 1. The number of imide groups is 1. The first-order chi connectivity index (χ1) is 10.0. The van der Waals surface area contributed by atoms with E-state index in [9.17, 15) is 14.4 Å². The lowest BCUT2D eigenvalue weighted by Crippen LogP contribution is -2.30. The molecule has 0 spiro atoms. The van der Waals surface area contributed by atoms with Gasteiger partial charge in [-0.05, 0) is 42.8 Å². The van der Waals surface area contributed by atoms with Gasteiger partial charge in [-0.1, -0.05) is 12.1 Å². The summed E-state index contributed by atoms with van der Waals surface area (Å²) in [6.45, 7) is 1.67. The zero-order valence-corrected chi connectivity index (χ0v) is 11.2. The predicted molar refractivity (Wildman–Crippen MR) is 75.7 cm³/mol. The second-order valence-electron chi connectivity index (χ2n) is 4.80. The number of carboxylic acid groups (broad SMARTS) is 1. The number of fused-ring (bicyclic) bond motifs is 1. The molecular formula is C16H11NO4. The maximum atomic E-state index is 12.4. The van der Waals surface area contributed by atoms with Crippen molar-refractivity contribution in [1.82, 2.24) is 0 Å². The lowest BCUT2D eigenvalue weighted by molar-refractivity contribution is 0.0696. The minimum Gasteiger partial charge on any atom is -0.478 e. The summed E-state index contributed by atoms with van der Waals surface area (Å²) in [5, 5.41) is 8.96. The summed E-state index contributed by atoms with van der Waals surface area (Å²) < 4.78 is 0. The third-order valence-electron chi connectivity index (χ3n) is 3.48. The molecule has 5 heteroatoms. The number of carbonyl (C=O) groups excluding carboxylic acids is 2. The van der Waals surface area contributed by atoms with Crippen LogP contribution in [0.2, 0.25) is 0 Å². The maximum absolute atomic E-state index is 12.4. The van der Waals surface area contributed by atoms with Gasteiger partial charge in [0.25, 0.3) is 11.8 Å². The van der Waals surface area contributed by atoms with Crippen LogP contribution in [0.5, 0.6) is 0 Å². The van der Waals surface area contributed by atoms with Gasteiger partial charge in [0.1, 0.15) is 0 Å². The van der Waals surface area contributed by atoms with Crippen molar-refractivity contribution < 1.29 is 19.5 Å². The molecule has 0 saturated carbocycles. The maximum Gasteiger partial charge on any atom is 0.335 e. The van der Waals surface area contributed by atoms with E-state index in [2.05, 4.69) is 0 Å². The van der Waals surface area contributed by atoms with Crippen molar-refractivity contribution in [2.75, 3.05) is 4.90 Å². The normalized spacial score (nSPS) is 13.5. The van der Waals surface area contributed by atoms with Crippen LogP contribution in [0.4, 0.5) is 5.69 Å². The van der Waals surface area contributed by atoms with Crippen LogP contribution in [-0.2, 0) is 0 Å². The van der Waals surface area contributed by atoms with Crippen molar-refractivity contribution in [2.45, 2.75) is 6.92 Å². The van der Waals surface area contributed by atoms with Gasteiger partial charge in [0.05, 0.1) is 22.4 Å². The number of carboxylic acids is 1. The third kappa shape index (κ3) is 1.90. The summed E-state index contributed by atoms with van der Waals surface area (Å²) in [7, 11) is 0. The van der Waals surface area contributed by atoms with Gasteiger partial charge in [0, 0.05) is 0 Å². The molecule has 0 atom stereocenters. The van der Waals surface area contributed by atoms with E-state index in [0.29, 0.717) is 22.4 Å². The van der Waals surface area contributed by atoms with Crippen LogP contribution < -0.4 is 4.90 Å². The summed E-state index contributed by atoms with van der Waals surface area (Å²) in [4.78, 5) is 36.8. The fourth-order valence-electron chi connectivity index (χ4n) is 2.45. The molecule has 1 aliphatic heterocycles. The van der Waals surface area contributed by atoms with E-state index in [1.807, 2.05) is 0 Å². The first kappa shape index (κ1) is 13.1. The minimum atomic E-state index is -1.05.